The van der Waals surface area contributed by atoms with Gasteiger partial charge in [-0.1, -0.05) is 0 Å². The van der Waals surface area contributed by atoms with Gasteiger partial charge in [-0.15, -0.1) is 12.4 Å². The van der Waals surface area contributed by atoms with Crippen LogP contribution in [0.2, 0.25) is 0 Å². The molecule has 2 rings (SSSR count). The Morgan fingerprint density at radius 2 is 1.56 bits per heavy atom. The number of aromatic carboxylic acids is 1. The average molecular weight is 273 g/mol. The lowest BCUT2D eigenvalue weighted by atomic mass is 10.2. The molecule has 0 aliphatic rings. The van der Waals surface area contributed by atoms with Crippen molar-refractivity contribution in [2.75, 3.05) is 0 Å². The molecule has 0 unspecified atom stereocenters. The lowest BCUT2D eigenvalue weighted by molar-refractivity contribution is 0.0696. The van der Waals surface area contributed by atoms with Gasteiger partial charge in [-0.05, 0) is 12.1 Å². The van der Waals surface area contributed by atoms with Crippen molar-refractivity contribution in [3.8, 4) is 11.4 Å². The first kappa shape index (κ1) is 14.0. The molecule has 18 heavy (non-hydrogen) atoms. The predicted molar refractivity (Wildman–Crippen MR) is 61.6 cm³/mol. The number of benzene rings is 1. The summed E-state index contributed by atoms with van der Waals surface area (Å²) in [6, 6.07) is 2.87. The van der Waals surface area contributed by atoms with Gasteiger partial charge in [0.25, 0.3) is 0 Å². The Bertz CT molecular complexity index is 556. The summed E-state index contributed by atoms with van der Waals surface area (Å²) >= 11 is 0. The predicted octanol–water partition coefficient (Wildman–Crippen LogP) is 2.54. The van der Waals surface area contributed by atoms with E-state index in [2.05, 4.69) is 9.97 Å². The number of carboxylic acids is 1. The topological polar surface area (TPSA) is 63.1 Å². The van der Waals surface area contributed by atoms with Crippen molar-refractivity contribution in [3.05, 3.63) is 47.8 Å². The van der Waals surface area contributed by atoms with Crippen molar-refractivity contribution in [2.24, 2.45) is 0 Å². The van der Waals surface area contributed by atoms with Gasteiger partial charge in [0.05, 0.1) is 5.56 Å². The third-order valence-electron chi connectivity index (χ3n) is 2.02. The van der Waals surface area contributed by atoms with Gasteiger partial charge in [0.2, 0.25) is 0 Å². The Balaban J connectivity index is 0.00000162. The summed E-state index contributed by atoms with van der Waals surface area (Å²) in [4.78, 5) is 18.0. The van der Waals surface area contributed by atoms with Crippen LogP contribution in [0.4, 0.5) is 8.78 Å². The molecule has 0 spiro atoms. The van der Waals surface area contributed by atoms with Gasteiger partial charge in [0, 0.05) is 24.0 Å². The van der Waals surface area contributed by atoms with Crippen molar-refractivity contribution >= 4 is 18.4 Å². The molecule has 4 nitrogen and oxygen atoms in total. The number of carbonyl (C=O) groups is 1. The first-order chi connectivity index (χ1) is 8.06. The number of rotatable bonds is 2. The van der Waals surface area contributed by atoms with Crippen molar-refractivity contribution in [1.82, 2.24) is 9.97 Å². The molecule has 0 fully saturated rings. The molecular weight excluding hydrogens is 266 g/mol. The Morgan fingerprint density at radius 1 is 1.06 bits per heavy atom. The summed E-state index contributed by atoms with van der Waals surface area (Å²) in [6.07, 6.45) is 2.15. The van der Waals surface area contributed by atoms with Crippen LogP contribution in [0.25, 0.3) is 11.4 Å². The maximum Gasteiger partial charge on any atom is 0.338 e. The maximum absolute atomic E-state index is 12.9. The van der Waals surface area contributed by atoms with Crippen LogP contribution < -0.4 is 0 Å². The Hall–Kier alpha value is -2.08. The number of aromatic nitrogens is 2. The van der Waals surface area contributed by atoms with Gasteiger partial charge in [-0.25, -0.2) is 23.5 Å². The second-order valence-corrected chi connectivity index (χ2v) is 3.26. The van der Waals surface area contributed by atoms with E-state index in [9.17, 15) is 13.6 Å². The Labute approximate surface area is 107 Å². The van der Waals surface area contributed by atoms with Crippen LogP contribution in [-0.4, -0.2) is 21.0 Å². The fourth-order valence-corrected chi connectivity index (χ4v) is 1.27. The van der Waals surface area contributed by atoms with Crippen molar-refractivity contribution in [3.63, 3.8) is 0 Å². The average Bonchev–Trinajstić information content (AvgIpc) is 2.28. The molecule has 0 bridgehead atoms. The zero-order chi connectivity index (χ0) is 12.4. The molecule has 0 amide bonds. The Kier molecular flexibility index (Phi) is 4.28. The van der Waals surface area contributed by atoms with E-state index in [-0.39, 0.29) is 29.4 Å². The van der Waals surface area contributed by atoms with Crippen LogP contribution in [0.3, 0.4) is 0 Å². The van der Waals surface area contributed by atoms with Crippen molar-refractivity contribution in [1.29, 1.82) is 0 Å². The molecule has 0 atom stereocenters. The van der Waals surface area contributed by atoms with E-state index in [1.165, 1.54) is 0 Å². The molecule has 0 aliphatic carbocycles. The summed E-state index contributed by atoms with van der Waals surface area (Å²) in [5.74, 6) is -2.59. The molecule has 0 saturated heterocycles. The normalized spacial score (nSPS) is 9.67. The zero-order valence-corrected chi connectivity index (χ0v) is 9.62. The standard InChI is InChI=1S/C11H6F2N2O2.ClH/c12-8-1-6(2-9(13)3-8)10-14-4-7(5-15-10)11(16)17;/h1-5H,(H,16,17);1H. The van der Waals surface area contributed by atoms with Crippen LogP contribution in [0.5, 0.6) is 0 Å². The second-order valence-electron chi connectivity index (χ2n) is 3.26. The number of halogens is 3. The molecule has 0 aliphatic heterocycles. The van der Waals surface area contributed by atoms with E-state index in [0.29, 0.717) is 0 Å². The van der Waals surface area contributed by atoms with Gasteiger partial charge in [0.15, 0.2) is 5.82 Å². The largest absolute Gasteiger partial charge is 0.478 e. The molecule has 1 aromatic heterocycles. The number of carboxylic acid groups (broad SMARTS) is 1. The molecule has 1 aromatic carbocycles. The van der Waals surface area contributed by atoms with Crippen LogP contribution in [0.1, 0.15) is 10.4 Å². The van der Waals surface area contributed by atoms with Crippen LogP contribution >= 0.6 is 12.4 Å². The van der Waals surface area contributed by atoms with Crippen molar-refractivity contribution in [2.45, 2.75) is 0 Å². The molecular formula is C11H7ClF2N2O2. The van der Waals surface area contributed by atoms with E-state index in [0.717, 1.165) is 30.6 Å². The minimum atomic E-state index is -1.16. The van der Waals surface area contributed by atoms with E-state index >= 15 is 0 Å². The molecule has 2 aromatic rings. The van der Waals surface area contributed by atoms with E-state index in [1.54, 1.807) is 0 Å². The fourth-order valence-electron chi connectivity index (χ4n) is 1.27. The minimum Gasteiger partial charge on any atom is -0.478 e. The first-order valence-corrected chi connectivity index (χ1v) is 4.58. The maximum atomic E-state index is 12.9. The molecule has 0 radical (unpaired) electrons. The monoisotopic (exact) mass is 272 g/mol. The van der Waals surface area contributed by atoms with E-state index < -0.39 is 17.6 Å². The fraction of sp³-hybridized carbons (Fsp3) is 0. The zero-order valence-electron chi connectivity index (χ0n) is 8.80. The highest BCUT2D eigenvalue weighted by Gasteiger charge is 2.08. The molecule has 1 N–H and O–H groups in total. The third kappa shape index (κ3) is 2.98. The summed E-state index contributed by atoms with van der Waals surface area (Å²) < 4.78 is 25.9. The summed E-state index contributed by atoms with van der Waals surface area (Å²) in [6.45, 7) is 0. The van der Waals surface area contributed by atoms with E-state index in [1.807, 2.05) is 0 Å². The number of hydrogen-bond acceptors (Lipinski definition) is 3. The van der Waals surface area contributed by atoms with E-state index in [4.69, 9.17) is 5.11 Å². The third-order valence-corrected chi connectivity index (χ3v) is 2.02. The number of nitrogens with zero attached hydrogens (tertiary/aromatic N) is 2. The first-order valence-electron chi connectivity index (χ1n) is 4.58. The lowest BCUT2D eigenvalue weighted by Gasteiger charge is -2.01. The minimum absolute atomic E-state index is 0. The van der Waals surface area contributed by atoms with Crippen LogP contribution in [-0.2, 0) is 0 Å². The lowest BCUT2D eigenvalue weighted by Crippen LogP contribution is -1.99. The highest BCUT2D eigenvalue weighted by atomic mass is 35.5. The van der Waals surface area contributed by atoms with Gasteiger partial charge >= 0.3 is 5.97 Å². The SMILES string of the molecule is Cl.O=C(O)c1cnc(-c2cc(F)cc(F)c2)nc1. The molecule has 94 valence electrons. The van der Waals surface area contributed by atoms with Gasteiger partial charge in [-0.3, -0.25) is 0 Å². The smallest absolute Gasteiger partial charge is 0.338 e. The van der Waals surface area contributed by atoms with Gasteiger partial charge < -0.3 is 5.11 Å². The quantitative estimate of drug-likeness (QED) is 0.912. The van der Waals surface area contributed by atoms with Gasteiger partial charge in [0.1, 0.15) is 11.6 Å². The van der Waals surface area contributed by atoms with Crippen LogP contribution in [0, 0.1) is 11.6 Å². The number of hydrogen-bond donors (Lipinski definition) is 1. The summed E-state index contributed by atoms with van der Waals surface area (Å²) in [5, 5.41) is 8.63. The molecule has 7 heteroatoms. The highest BCUT2D eigenvalue weighted by molar-refractivity contribution is 5.86. The Morgan fingerprint density at radius 3 is 2.00 bits per heavy atom. The van der Waals surface area contributed by atoms with Gasteiger partial charge in [-0.2, -0.15) is 0 Å². The van der Waals surface area contributed by atoms with Crippen molar-refractivity contribution < 1.29 is 18.7 Å². The second kappa shape index (κ2) is 5.50. The highest BCUT2D eigenvalue weighted by Crippen LogP contribution is 2.17. The summed E-state index contributed by atoms with van der Waals surface area (Å²) in [5.41, 5.74) is 0.0602. The molecule has 1 heterocycles. The van der Waals surface area contributed by atoms with Crippen LogP contribution in [0.15, 0.2) is 30.6 Å². The molecule has 0 saturated carbocycles. The summed E-state index contributed by atoms with van der Waals surface area (Å²) in [7, 11) is 0.